The molecule has 4 rings (SSSR count). The van der Waals surface area contributed by atoms with Crippen LogP contribution in [0.4, 0.5) is 0 Å². The molecule has 3 aliphatic rings. The molecule has 3 fully saturated rings. The molecule has 28 heavy (non-hydrogen) atoms. The van der Waals surface area contributed by atoms with Crippen LogP contribution < -0.4 is 0 Å². The van der Waals surface area contributed by atoms with Crippen molar-refractivity contribution in [3.8, 4) is 0 Å². The topological polar surface area (TPSA) is 46.6 Å². The highest BCUT2D eigenvalue weighted by Crippen LogP contribution is 2.63. The van der Waals surface area contributed by atoms with E-state index in [2.05, 4.69) is 0 Å². The zero-order chi connectivity index (χ0) is 19.8. The lowest BCUT2D eigenvalue weighted by Crippen LogP contribution is -2.49. The van der Waals surface area contributed by atoms with Gasteiger partial charge < -0.3 is 9.64 Å². The van der Waals surface area contributed by atoms with Gasteiger partial charge in [-0.15, -0.1) is 0 Å². The molecule has 1 aliphatic heterocycles. The van der Waals surface area contributed by atoms with Gasteiger partial charge in [0.2, 0.25) is 5.91 Å². The van der Waals surface area contributed by atoms with E-state index in [4.69, 9.17) is 16.3 Å². The van der Waals surface area contributed by atoms with Crippen LogP contribution in [-0.4, -0.2) is 36.5 Å². The van der Waals surface area contributed by atoms with E-state index in [1.807, 2.05) is 36.1 Å². The van der Waals surface area contributed by atoms with Gasteiger partial charge in [0.25, 0.3) is 0 Å². The first-order valence-corrected chi connectivity index (χ1v) is 11.1. The summed E-state index contributed by atoms with van der Waals surface area (Å²) in [7, 11) is 0. The van der Waals surface area contributed by atoms with E-state index >= 15 is 0 Å². The van der Waals surface area contributed by atoms with E-state index in [1.54, 1.807) is 0 Å². The van der Waals surface area contributed by atoms with Gasteiger partial charge in [-0.1, -0.05) is 36.6 Å². The van der Waals surface area contributed by atoms with Crippen molar-refractivity contribution in [2.75, 3.05) is 19.7 Å². The van der Waals surface area contributed by atoms with Crippen molar-refractivity contribution >= 4 is 23.5 Å². The number of benzene rings is 1. The normalized spacial score (nSPS) is 24.9. The molecule has 1 aromatic rings. The summed E-state index contributed by atoms with van der Waals surface area (Å²) in [5, 5.41) is 0.694. The Balaban J connectivity index is 1.43. The van der Waals surface area contributed by atoms with Gasteiger partial charge in [-0.2, -0.15) is 0 Å². The van der Waals surface area contributed by atoms with Gasteiger partial charge in [0.15, 0.2) is 0 Å². The molecule has 1 heterocycles. The average molecular weight is 404 g/mol. The number of halogens is 1. The molecular weight excluding hydrogens is 374 g/mol. The number of amides is 1. The number of ether oxygens (including phenoxy) is 1. The molecule has 5 heteroatoms. The molecule has 0 bridgehead atoms. The summed E-state index contributed by atoms with van der Waals surface area (Å²) in [6.45, 7) is 3.53. The van der Waals surface area contributed by atoms with Crippen molar-refractivity contribution in [3.05, 3.63) is 34.9 Å². The third-order valence-electron chi connectivity index (χ3n) is 7.28. The van der Waals surface area contributed by atoms with Crippen molar-refractivity contribution in [3.63, 3.8) is 0 Å². The van der Waals surface area contributed by atoms with Gasteiger partial charge in [0, 0.05) is 24.0 Å². The third kappa shape index (κ3) is 3.68. The Morgan fingerprint density at radius 1 is 1.11 bits per heavy atom. The van der Waals surface area contributed by atoms with Crippen LogP contribution in [0.15, 0.2) is 24.3 Å². The average Bonchev–Trinajstić information content (AvgIpc) is 3.20. The van der Waals surface area contributed by atoms with Crippen molar-refractivity contribution in [2.24, 2.45) is 16.7 Å². The summed E-state index contributed by atoms with van der Waals surface area (Å²) in [6, 6.07) is 7.69. The molecule has 4 nitrogen and oxygen atoms in total. The minimum Gasteiger partial charge on any atom is -0.466 e. The Bertz CT molecular complexity index is 731. The van der Waals surface area contributed by atoms with E-state index in [1.165, 1.54) is 25.7 Å². The molecule has 0 N–H and O–H groups in total. The van der Waals surface area contributed by atoms with Gasteiger partial charge >= 0.3 is 5.97 Å². The smallest absolute Gasteiger partial charge is 0.312 e. The molecular formula is C23H30ClNO3. The zero-order valence-electron chi connectivity index (χ0n) is 16.7. The van der Waals surface area contributed by atoms with Gasteiger partial charge in [0.05, 0.1) is 12.0 Å². The fourth-order valence-corrected chi connectivity index (χ4v) is 5.56. The van der Waals surface area contributed by atoms with Crippen LogP contribution in [0.1, 0.15) is 57.4 Å². The summed E-state index contributed by atoms with van der Waals surface area (Å²) < 4.78 is 5.44. The highest BCUT2D eigenvalue weighted by atomic mass is 35.5. The minimum atomic E-state index is -0.546. The summed E-state index contributed by atoms with van der Waals surface area (Å²) >= 11 is 6.01. The number of hydrogen-bond donors (Lipinski definition) is 0. The van der Waals surface area contributed by atoms with Gasteiger partial charge in [0.1, 0.15) is 0 Å². The van der Waals surface area contributed by atoms with Crippen molar-refractivity contribution in [2.45, 2.75) is 58.3 Å². The lowest BCUT2D eigenvalue weighted by Gasteiger charge is -2.40. The molecule has 1 aromatic carbocycles. The Kier molecular flexibility index (Phi) is 5.43. The second kappa shape index (κ2) is 7.70. The summed E-state index contributed by atoms with van der Waals surface area (Å²) in [6.07, 6.45) is 8.04. The number of piperidine rings is 1. The second-order valence-corrected chi connectivity index (χ2v) is 9.39. The van der Waals surface area contributed by atoms with E-state index in [9.17, 15) is 9.59 Å². The molecule has 1 saturated heterocycles. The van der Waals surface area contributed by atoms with Crippen LogP contribution in [0.25, 0.3) is 0 Å². The van der Waals surface area contributed by atoms with Gasteiger partial charge in [-0.3, -0.25) is 9.59 Å². The first kappa shape index (κ1) is 19.8. The lowest BCUT2D eigenvalue weighted by atomic mass is 9.73. The fraction of sp³-hybridized carbons (Fsp3) is 0.652. The van der Waals surface area contributed by atoms with Crippen LogP contribution in [0.2, 0.25) is 5.02 Å². The van der Waals surface area contributed by atoms with E-state index in [0.29, 0.717) is 55.3 Å². The maximum atomic E-state index is 13.0. The van der Waals surface area contributed by atoms with Crippen molar-refractivity contribution in [1.29, 1.82) is 0 Å². The number of carbonyl (C=O) groups is 2. The number of rotatable bonds is 5. The van der Waals surface area contributed by atoms with Crippen LogP contribution in [0.5, 0.6) is 0 Å². The predicted octanol–water partition coefficient (Wildman–Crippen LogP) is 4.63. The zero-order valence-corrected chi connectivity index (χ0v) is 17.5. The van der Waals surface area contributed by atoms with Crippen molar-refractivity contribution < 1.29 is 14.3 Å². The maximum Gasteiger partial charge on any atom is 0.312 e. The standard InChI is InChI=1S/C23H30ClNO3/c1-2-28-21(27)23(15-17-5-7-18(24)8-6-17)11-13-25(14-12-23)20(26)19-16-22(19)9-3-4-10-22/h5-8,19H,2-4,9-16H2,1H3. The number of esters is 1. The predicted molar refractivity (Wildman–Crippen MR) is 109 cm³/mol. The quantitative estimate of drug-likeness (QED) is 0.673. The first-order valence-electron chi connectivity index (χ1n) is 10.7. The molecule has 0 aromatic heterocycles. The summed E-state index contributed by atoms with van der Waals surface area (Å²) in [4.78, 5) is 27.9. The van der Waals surface area contributed by atoms with Crippen LogP contribution in [0.3, 0.4) is 0 Å². The summed E-state index contributed by atoms with van der Waals surface area (Å²) in [5.74, 6) is 0.433. The first-order chi connectivity index (χ1) is 13.5. The number of hydrogen-bond acceptors (Lipinski definition) is 3. The Morgan fingerprint density at radius 3 is 2.36 bits per heavy atom. The van der Waals surface area contributed by atoms with E-state index < -0.39 is 5.41 Å². The van der Waals surface area contributed by atoms with Gasteiger partial charge in [-0.05, 0) is 68.6 Å². The van der Waals surface area contributed by atoms with Crippen LogP contribution in [0, 0.1) is 16.7 Å². The van der Waals surface area contributed by atoms with Crippen molar-refractivity contribution in [1.82, 2.24) is 4.90 Å². The highest BCUT2D eigenvalue weighted by Gasteiger charge is 2.60. The molecule has 152 valence electrons. The molecule has 1 atom stereocenters. The highest BCUT2D eigenvalue weighted by molar-refractivity contribution is 6.30. The number of likely N-dealkylation sites (tertiary alicyclic amines) is 1. The molecule has 2 aliphatic carbocycles. The SMILES string of the molecule is CCOC(=O)C1(Cc2ccc(Cl)cc2)CCN(C(=O)C2CC23CCCC3)CC1. The third-order valence-corrected chi connectivity index (χ3v) is 7.54. The van der Waals surface area contributed by atoms with Crippen LogP contribution in [-0.2, 0) is 20.7 Å². The largest absolute Gasteiger partial charge is 0.466 e. The Hall–Kier alpha value is -1.55. The Morgan fingerprint density at radius 2 is 1.75 bits per heavy atom. The van der Waals surface area contributed by atoms with E-state index in [0.717, 1.165) is 12.0 Å². The van der Waals surface area contributed by atoms with Crippen LogP contribution >= 0.6 is 11.6 Å². The number of nitrogens with zero attached hydrogens (tertiary/aromatic N) is 1. The molecule has 1 spiro atoms. The molecule has 1 unspecified atom stereocenters. The molecule has 0 radical (unpaired) electrons. The monoisotopic (exact) mass is 403 g/mol. The van der Waals surface area contributed by atoms with Gasteiger partial charge in [-0.25, -0.2) is 0 Å². The second-order valence-electron chi connectivity index (χ2n) is 8.96. The maximum absolute atomic E-state index is 13.0. The molecule has 1 amide bonds. The minimum absolute atomic E-state index is 0.129. The fourth-order valence-electron chi connectivity index (χ4n) is 5.43. The summed E-state index contributed by atoms with van der Waals surface area (Å²) in [5.41, 5.74) is 0.870. The molecule has 2 saturated carbocycles. The lowest BCUT2D eigenvalue weighted by molar-refractivity contribution is -0.160. The van der Waals surface area contributed by atoms with E-state index in [-0.39, 0.29) is 11.9 Å². The Labute approximate surface area is 172 Å². The number of carbonyl (C=O) groups excluding carboxylic acids is 2.